The van der Waals surface area contributed by atoms with Crippen molar-refractivity contribution in [2.45, 2.75) is 32.7 Å². The van der Waals surface area contributed by atoms with Gasteiger partial charge in [-0.2, -0.15) is 0 Å². The average molecular weight is 259 g/mol. The summed E-state index contributed by atoms with van der Waals surface area (Å²) in [6.45, 7) is 6.15. The summed E-state index contributed by atoms with van der Waals surface area (Å²) in [5, 5.41) is 3.21. The van der Waals surface area contributed by atoms with E-state index in [4.69, 9.17) is 12.2 Å². The molecule has 1 aliphatic carbocycles. The summed E-state index contributed by atoms with van der Waals surface area (Å²) in [7, 11) is 0. The quantitative estimate of drug-likeness (QED) is 0.621. The number of allylic oxidation sites excluding steroid dienone is 1. The van der Waals surface area contributed by atoms with Gasteiger partial charge in [0, 0.05) is 18.2 Å². The minimum atomic E-state index is -0.0696. The van der Waals surface area contributed by atoms with E-state index in [9.17, 15) is 4.79 Å². The van der Waals surface area contributed by atoms with Crippen LogP contribution in [0.3, 0.4) is 0 Å². The molecule has 0 heterocycles. The largest absolute Gasteiger partial charge is 0.386 e. The lowest BCUT2D eigenvalue weighted by molar-refractivity contribution is -0.114. The number of ketones is 1. The van der Waals surface area contributed by atoms with Crippen LogP contribution in [-0.4, -0.2) is 16.2 Å². The first-order valence-corrected chi connectivity index (χ1v) is 6.43. The SMILES string of the molecule is CC(C)(C)N/C=C1/C(=O)Cc2ccccc2C1=S. The van der Waals surface area contributed by atoms with E-state index in [0.717, 1.165) is 11.1 Å². The second-order valence-electron chi connectivity index (χ2n) is 5.54. The summed E-state index contributed by atoms with van der Waals surface area (Å²) >= 11 is 5.42. The third-order valence-corrected chi connectivity index (χ3v) is 3.25. The van der Waals surface area contributed by atoms with E-state index in [1.165, 1.54) is 0 Å². The van der Waals surface area contributed by atoms with Gasteiger partial charge in [-0.1, -0.05) is 36.5 Å². The number of hydrogen-bond donors (Lipinski definition) is 1. The number of thiocarbonyl (C=S) groups is 1. The van der Waals surface area contributed by atoms with Gasteiger partial charge >= 0.3 is 0 Å². The summed E-state index contributed by atoms with van der Waals surface area (Å²) < 4.78 is 0. The molecule has 18 heavy (non-hydrogen) atoms. The molecule has 1 aromatic rings. The number of carbonyl (C=O) groups excluding carboxylic acids is 1. The van der Waals surface area contributed by atoms with Gasteiger partial charge in [0.05, 0.1) is 10.4 Å². The Kier molecular flexibility index (Phi) is 3.35. The van der Waals surface area contributed by atoms with E-state index in [0.29, 0.717) is 16.9 Å². The molecule has 1 aromatic carbocycles. The molecule has 2 rings (SSSR count). The monoisotopic (exact) mass is 259 g/mol. The van der Waals surface area contributed by atoms with Gasteiger partial charge in [-0.3, -0.25) is 4.79 Å². The number of carbonyl (C=O) groups is 1. The van der Waals surface area contributed by atoms with Gasteiger partial charge in [-0.05, 0) is 31.9 Å². The highest BCUT2D eigenvalue weighted by Crippen LogP contribution is 2.23. The zero-order chi connectivity index (χ0) is 13.3. The fourth-order valence-corrected chi connectivity index (χ4v) is 2.24. The zero-order valence-electron chi connectivity index (χ0n) is 10.9. The van der Waals surface area contributed by atoms with E-state index in [2.05, 4.69) is 5.32 Å². The van der Waals surface area contributed by atoms with Crippen LogP contribution in [0.4, 0.5) is 0 Å². The first-order chi connectivity index (χ1) is 8.38. The minimum Gasteiger partial charge on any atom is -0.386 e. The molecule has 0 spiro atoms. The molecule has 94 valence electrons. The third-order valence-electron chi connectivity index (χ3n) is 2.81. The molecule has 3 heteroatoms. The summed E-state index contributed by atoms with van der Waals surface area (Å²) in [6, 6.07) is 7.84. The molecular weight excluding hydrogens is 242 g/mol. The predicted molar refractivity (Wildman–Crippen MR) is 77.8 cm³/mol. The first kappa shape index (κ1) is 13.0. The van der Waals surface area contributed by atoms with Crippen molar-refractivity contribution in [2.75, 3.05) is 0 Å². The Balaban J connectivity index is 2.36. The van der Waals surface area contributed by atoms with E-state index < -0.39 is 0 Å². The third kappa shape index (κ3) is 2.67. The fourth-order valence-electron chi connectivity index (χ4n) is 1.87. The molecule has 0 atom stereocenters. The normalized spacial score (nSPS) is 17.8. The molecule has 0 radical (unpaired) electrons. The Bertz CT molecular complexity index is 538. The number of Topliss-reactive ketones (excluding diaryl/α,β-unsaturated/α-hetero) is 1. The van der Waals surface area contributed by atoms with Gasteiger partial charge in [-0.25, -0.2) is 0 Å². The van der Waals surface area contributed by atoms with Crippen molar-refractivity contribution in [1.29, 1.82) is 0 Å². The van der Waals surface area contributed by atoms with Crippen LogP contribution < -0.4 is 5.32 Å². The van der Waals surface area contributed by atoms with E-state index in [-0.39, 0.29) is 11.3 Å². The number of nitrogens with one attached hydrogen (secondary N) is 1. The van der Waals surface area contributed by atoms with Crippen LogP contribution in [0.5, 0.6) is 0 Å². The summed E-state index contributed by atoms with van der Waals surface area (Å²) in [5.74, 6) is 0.0930. The lowest BCUT2D eigenvalue weighted by atomic mass is 9.87. The van der Waals surface area contributed by atoms with Crippen LogP contribution >= 0.6 is 12.2 Å². The molecule has 0 aromatic heterocycles. The van der Waals surface area contributed by atoms with Crippen molar-refractivity contribution in [3.63, 3.8) is 0 Å². The Morgan fingerprint density at radius 3 is 2.61 bits per heavy atom. The molecule has 1 N–H and O–H groups in total. The van der Waals surface area contributed by atoms with Crippen LogP contribution in [0.2, 0.25) is 0 Å². The van der Waals surface area contributed by atoms with Crippen molar-refractivity contribution < 1.29 is 4.79 Å². The van der Waals surface area contributed by atoms with Crippen molar-refractivity contribution in [1.82, 2.24) is 5.32 Å². The van der Waals surface area contributed by atoms with Crippen molar-refractivity contribution in [2.24, 2.45) is 0 Å². The predicted octanol–water partition coefficient (Wildman–Crippen LogP) is 2.80. The molecule has 0 amide bonds. The minimum absolute atomic E-state index is 0.0696. The number of benzene rings is 1. The average Bonchev–Trinajstić information content (AvgIpc) is 2.27. The van der Waals surface area contributed by atoms with Gasteiger partial charge < -0.3 is 5.32 Å². The fraction of sp³-hybridized carbons (Fsp3) is 0.333. The highest BCUT2D eigenvalue weighted by molar-refractivity contribution is 7.81. The zero-order valence-corrected chi connectivity index (χ0v) is 11.7. The van der Waals surface area contributed by atoms with Gasteiger partial charge in [0.15, 0.2) is 5.78 Å². The Labute approximate surface area is 113 Å². The van der Waals surface area contributed by atoms with Crippen LogP contribution in [0.15, 0.2) is 36.0 Å². The summed E-state index contributed by atoms with van der Waals surface area (Å²) in [4.78, 5) is 12.7. The van der Waals surface area contributed by atoms with Crippen molar-refractivity contribution >= 4 is 22.9 Å². The van der Waals surface area contributed by atoms with E-state index >= 15 is 0 Å². The topological polar surface area (TPSA) is 29.1 Å². The lowest BCUT2D eigenvalue weighted by Gasteiger charge is -2.23. The van der Waals surface area contributed by atoms with Crippen molar-refractivity contribution in [3.05, 3.63) is 47.2 Å². The van der Waals surface area contributed by atoms with Crippen LogP contribution in [-0.2, 0) is 11.2 Å². The molecule has 0 fully saturated rings. The van der Waals surface area contributed by atoms with Gasteiger partial charge in [-0.15, -0.1) is 0 Å². The lowest BCUT2D eigenvalue weighted by Crippen LogP contribution is -2.33. The molecule has 0 unspecified atom stereocenters. The smallest absolute Gasteiger partial charge is 0.170 e. The Morgan fingerprint density at radius 1 is 1.28 bits per heavy atom. The van der Waals surface area contributed by atoms with Gasteiger partial charge in [0.25, 0.3) is 0 Å². The van der Waals surface area contributed by atoms with Crippen LogP contribution in [0.25, 0.3) is 0 Å². The second-order valence-corrected chi connectivity index (χ2v) is 5.95. The van der Waals surface area contributed by atoms with E-state index in [1.54, 1.807) is 6.20 Å². The molecule has 1 aliphatic rings. The molecule has 0 aliphatic heterocycles. The highest BCUT2D eigenvalue weighted by atomic mass is 32.1. The molecule has 0 bridgehead atoms. The maximum absolute atomic E-state index is 12.1. The van der Waals surface area contributed by atoms with Crippen LogP contribution in [0.1, 0.15) is 31.9 Å². The maximum Gasteiger partial charge on any atom is 0.170 e. The summed E-state index contributed by atoms with van der Waals surface area (Å²) in [6.07, 6.45) is 2.20. The molecule has 2 nitrogen and oxygen atoms in total. The Morgan fingerprint density at radius 2 is 1.94 bits per heavy atom. The molecule has 0 saturated carbocycles. The van der Waals surface area contributed by atoms with Crippen LogP contribution in [0, 0.1) is 0 Å². The van der Waals surface area contributed by atoms with E-state index in [1.807, 2.05) is 45.0 Å². The van der Waals surface area contributed by atoms with Gasteiger partial charge in [0.1, 0.15) is 0 Å². The number of rotatable bonds is 1. The number of hydrogen-bond acceptors (Lipinski definition) is 3. The second kappa shape index (κ2) is 4.65. The first-order valence-electron chi connectivity index (χ1n) is 6.02. The molecular formula is C15H17NOS. The standard InChI is InChI=1S/C15H17NOS/c1-15(2,3)16-9-12-13(17)8-10-6-4-5-7-11(10)14(12)18/h4-7,9,16H,8H2,1-3H3/b12-9-. The van der Waals surface area contributed by atoms with Crippen molar-refractivity contribution in [3.8, 4) is 0 Å². The summed E-state index contributed by atoms with van der Waals surface area (Å²) in [5.41, 5.74) is 2.59. The highest BCUT2D eigenvalue weighted by Gasteiger charge is 2.25. The Hall–Kier alpha value is -1.48. The molecule has 0 saturated heterocycles. The number of fused-ring (bicyclic) bond motifs is 1. The maximum atomic E-state index is 12.1. The van der Waals surface area contributed by atoms with Gasteiger partial charge in [0.2, 0.25) is 0 Å².